The highest BCUT2D eigenvalue weighted by molar-refractivity contribution is 4.98. The summed E-state index contributed by atoms with van der Waals surface area (Å²) in [5, 5.41) is 7.95. The van der Waals surface area contributed by atoms with E-state index in [1.807, 2.05) is 13.2 Å². The van der Waals surface area contributed by atoms with Crippen LogP contribution in [0, 0.1) is 11.8 Å². The topological polar surface area (TPSA) is 56.7 Å². The summed E-state index contributed by atoms with van der Waals surface area (Å²) in [6.07, 6.45) is 5.51. The molecular formula is C10H18N4. The second kappa shape index (κ2) is 3.69. The maximum absolute atomic E-state index is 6.12. The summed E-state index contributed by atoms with van der Waals surface area (Å²) in [5.74, 6) is 1.48. The van der Waals surface area contributed by atoms with Crippen molar-refractivity contribution in [2.45, 2.75) is 32.2 Å². The molecule has 0 saturated heterocycles. The molecule has 1 heterocycles. The van der Waals surface area contributed by atoms with Gasteiger partial charge in [0.2, 0.25) is 0 Å². The summed E-state index contributed by atoms with van der Waals surface area (Å²) < 4.78 is 1.73. The molecule has 4 heteroatoms. The third kappa shape index (κ3) is 2.12. The zero-order chi connectivity index (χ0) is 10.1. The largest absolute Gasteiger partial charge is 0.327 e. The van der Waals surface area contributed by atoms with Crippen LogP contribution in [0.25, 0.3) is 0 Å². The number of aryl methyl sites for hydroxylation is 1. The Morgan fingerprint density at radius 1 is 1.64 bits per heavy atom. The lowest BCUT2D eigenvalue weighted by Gasteiger charge is -2.17. The van der Waals surface area contributed by atoms with E-state index in [0.29, 0.717) is 5.92 Å². The van der Waals surface area contributed by atoms with Gasteiger partial charge in [0.05, 0.1) is 5.69 Å². The van der Waals surface area contributed by atoms with Gasteiger partial charge in [0, 0.05) is 25.7 Å². The molecule has 1 aromatic rings. The van der Waals surface area contributed by atoms with Crippen LogP contribution >= 0.6 is 0 Å². The van der Waals surface area contributed by atoms with Gasteiger partial charge in [0.15, 0.2) is 0 Å². The van der Waals surface area contributed by atoms with Crippen LogP contribution in [-0.4, -0.2) is 21.0 Å². The van der Waals surface area contributed by atoms with E-state index in [1.54, 1.807) is 4.68 Å². The molecule has 1 fully saturated rings. The number of hydrogen-bond acceptors (Lipinski definition) is 3. The molecule has 0 aliphatic heterocycles. The first-order valence-corrected chi connectivity index (χ1v) is 5.27. The smallest absolute Gasteiger partial charge is 0.0842 e. The van der Waals surface area contributed by atoms with E-state index in [1.165, 1.54) is 12.8 Å². The predicted molar refractivity (Wildman–Crippen MR) is 54.6 cm³/mol. The van der Waals surface area contributed by atoms with Gasteiger partial charge in [0.25, 0.3) is 0 Å². The third-order valence-electron chi connectivity index (χ3n) is 3.14. The van der Waals surface area contributed by atoms with Crippen LogP contribution in [0.1, 0.15) is 25.5 Å². The van der Waals surface area contributed by atoms with Gasteiger partial charge in [0.1, 0.15) is 0 Å². The summed E-state index contributed by atoms with van der Waals surface area (Å²) in [6.45, 7) is 2.25. The molecule has 2 unspecified atom stereocenters. The second-order valence-corrected chi connectivity index (χ2v) is 4.45. The lowest BCUT2D eigenvalue weighted by molar-refractivity contribution is 0.402. The molecule has 1 aliphatic carbocycles. The average molecular weight is 194 g/mol. The van der Waals surface area contributed by atoms with Crippen LogP contribution in [0.5, 0.6) is 0 Å². The van der Waals surface area contributed by atoms with Gasteiger partial charge >= 0.3 is 0 Å². The first-order chi connectivity index (χ1) is 6.66. The molecule has 2 rings (SSSR count). The van der Waals surface area contributed by atoms with Crippen LogP contribution in [0.4, 0.5) is 0 Å². The molecule has 0 bridgehead atoms. The lowest BCUT2D eigenvalue weighted by atomic mass is 9.94. The zero-order valence-corrected chi connectivity index (χ0v) is 8.85. The summed E-state index contributed by atoms with van der Waals surface area (Å²) in [5.41, 5.74) is 7.13. The van der Waals surface area contributed by atoms with E-state index in [9.17, 15) is 0 Å². The van der Waals surface area contributed by atoms with Crippen molar-refractivity contribution < 1.29 is 0 Å². The number of aromatic nitrogens is 3. The van der Waals surface area contributed by atoms with E-state index in [2.05, 4.69) is 17.2 Å². The van der Waals surface area contributed by atoms with Crippen LogP contribution in [-0.2, 0) is 13.5 Å². The summed E-state index contributed by atoms with van der Waals surface area (Å²) >= 11 is 0. The first-order valence-electron chi connectivity index (χ1n) is 5.27. The van der Waals surface area contributed by atoms with Crippen molar-refractivity contribution in [2.75, 3.05) is 0 Å². The average Bonchev–Trinajstić information content (AvgIpc) is 2.91. The Labute approximate surface area is 84.5 Å². The van der Waals surface area contributed by atoms with Gasteiger partial charge in [-0.3, -0.25) is 4.68 Å². The fraction of sp³-hybridized carbons (Fsp3) is 0.800. The van der Waals surface area contributed by atoms with E-state index >= 15 is 0 Å². The van der Waals surface area contributed by atoms with Crippen molar-refractivity contribution in [3.05, 3.63) is 11.9 Å². The van der Waals surface area contributed by atoms with E-state index in [4.69, 9.17) is 5.73 Å². The van der Waals surface area contributed by atoms with Gasteiger partial charge < -0.3 is 5.73 Å². The Kier molecular flexibility index (Phi) is 2.54. The highest BCUT2D eigenvalue weighted by Crippen LogP contribution is 2.38. The van der Waals surface area contributed by atoms with Crippen molar-refractivity contribution in [2.24, 2.45) is 24.6 Å². The van der Waals surface area contributed by atoms with Crippen LogP contribution < -0.4 is 5.73 Å². The SMILES string of the molecule is CC(C(N)Cc1cn(C)nn1)C1CC1. The van der Waals surface area contributed by atoms with Crippen molar-refractivity contribution in [3.63, 3.8) is 0 Å². The van der Waals surface area contributed by atoms with E-state index < -0.39 is 0 Å². The molecule has 1 aromatic heterocycles. The Hall–Kier alpha value is -0.900. The maximum Gasteiger partial charge on any atom is 0.0842 e. The van der Waals surface area contributed by atoms with Crippen LogP contribution in [0.15, 0.2) is 6.20 Å². The molecule has 0 radical (unpaired) electrons. The minimum absolute atomic E-state index is 0.235. The van der Waals surface area contributed by atoms with Crippen molar-refractivity contribution in [1.29, 1.82) is 0 Å². The fourth-order valence-corrected chi connectivity index (χ4v) is 1.89. The lowest BCUT2D eigenvalue weighted by Crippen LogP contribution is -2.31. The third-order valence-corrected chi connectivity index (χ3v) is 3.14. The molecule has 4 nitrogen and oxygen atoms in total. The van der Waals surface area contributed by atoms with Gasteiger partial charge in [-0.1, -0.05) is 12.1 Å². The van der Waals surface area contributed by atoms with E-state index in [0.717, 1.165) is 18.0 Å². The molecule has 78 valence electrons. The summed E-state index contributed by atoms with van der Waals surface area (Å²) in [6, 6.07) is 0.235. The molecule has 0 amide bonds. The minimum atomic E-state index is 0.235. The fourth-order valence-electron chi connectivity index (χ4n) is 1.89. The van der Waals surface area contributed by atoms with Gasteiger partial charge in [-0.2, -0.15) is 0 Å². The standard InChI is InChI=1S/C10H18N4/c1-7(8-3-4-8)10(11)5-9-6-14(2)13-12-9/h6-8,10H,3-5,11H2,1-2H3. The monoisotopic (exact) mass is 194 g/mol. The minimum Gasteiger partial charge on any atom is -0.327 e. The summed E-state index contributed by atoms with van der Waals surface area (Å²) in [7, 11) is 1.88. The molecule has 0 aromatic carbocycles. The molecule has 1 aliphatic rings. The Morgan fingerprint density at radius 3 is 2.86 bits per heavy atom. The predicted octanol–water partition coefficient (Wildman–Crippen LogP) is 0.731. The van der Waals surface area contributed by atoms with Gasteiger partial charge in [-0.05, 0) is 24.7 Å². The Bertz CT molecular complexity index is 303. The first kappa shape index (κ1) is 9.65. The van der Waals surface area contributed by atoms with Crippen molar-refractivity contribution in [1.82, 2.24) is 15.0 Å². The normalized spacial score (nSPS) is 20.8. The van der Waals surface area contributed by atoms with Crippen LogP contribution in [0.3, 0.4) is 0 Å². The highest BCUT2D eigenvalue weighted by atomic mass is 15.4. The number of hydrogen-bond donors (Lipinski definition) is 1. The molecule has 0 spiro atoms. The van der Waals surface area contributed by atoms with Crippen molar-refractivity contribution >= 4 is 0 Å². The van der Waals surface area contributed by atoms with Crippen LogP contribution in [0.2, 0.25) is 0 Å². The molecule has 2 N–H and O–H groups in total. The number of rotatable bonds is 4. The van der Waals surface area contributed by atoms with Gasteiger partial charge in [-0.25, -0.2) is 0 Å². The van der Waals surface area contributed by atoms with Crippen molar-refractivity contribution in [3.8, 4) is 0 Å². The zero-order valence-electron chi connectivity index (χ0n) is 8.85. The highest BCUT2D eigenvalue weighted by Gasteiger charge is 2.31. The molecular weight excluding hydrogens is 176 g/mol. The quantitative estimate of drug-likeness (QED) is 0.768. The van der Waals surface area contributed by atoms with Gasteiger partial charge in [-0.15, -0.1) is 5.10 Å². The molecule has 14 heavy (non-hydrogen) atoms. The maximum atomic E-state index is 6.12. The number of nitrogens with zero attached hydrogens (tertiary/aromatic N) is 3. The Morgan fingerprint density at radius 2 is 2.36 bits per heavy atom. The molecule has 2 atom stereocenters. The number of nitrogens with two attached hydrogens (primary N) is 1. The second-order valence-electron chi connectivity index (χ2n) is 4.45. The Balaban J connectivity index is 1.89. The molecule has 1 saturated carbocycles. The summed E-state index contributed by atoms with van der Waals surface area (Å²) in [4.78, 5) is 0. The van der Waals surface area contributed by atoms with E-state index in [-0.39, 0.29) is 6.04 Å².